The van der Waals surface area contributed by atoms with E-state index in [2.05, 4.69) is 29.8 Å². The van der Waals surface area contributed by atoms with Crippen molar-refractivity contribution in [1.82, 2.24) is 4.90 Å². The van der Waals surface area contributed by atoms with E-state index in [-0.39, 0.29) is 11.3 Å². The maximum atomic E-state index is 12.5. The number of hydrogen-bond donors (Lipinski definition) is 1. The fraction of sp³-hybridized carbons (Fsp3) is 0.500. The summed E-state index contributed by atoms with van der Waals surface area (Å²) in [5.41, 5.74) is 6.27. The summed E-state index contributed by atoms with van der Waals surface area (Å²) >= 11 is 9.28. The standard InChI is InChI=1S/C14H20BrClN2O/c1-4-18(9-14(2,3)8-17)13(19)10-5-6-12(16)11(15)7-10/h5-7H,4,8-9,17H2,1-3H3. The Morgan fingerprint density at radius 3 is 2.58 bits per heavy atom. The molecule has 0 radical (unpaired) electrons. The summed E-state index contributed by atoms with van der Waals surface area (Å²) in [6.07, 6.45) is 0. The second-order valence-electron chi connectivity index (χ2n) is 5.32. The van der Waals surface area contributed by atoms with Crippen molar-refractivity contribution in [3.05, 3.63) is 33.3 Å². The van der Waals surface area contributed by atoms with Gasteiger partial charge in [0.15, 0.2) is 0 Å². The van der Waals surface area contributed by atoms with Gasteiger partial charge in [-0.05, 0) is 53.0 Å². The van der Waals surface area contributed by atoms with Gasteiger partial charge in [0, 0.05) is 23.1 Å². The molecule has 1 aromatic carbocycles. The van der Waals surface area contributed by atoms with Crippen molar-refractivity contribution in [2.45, 2.75) is 20.8 Å². The molecule has 0 heterocycles. The predicted octanol–water partition coefficient (Wildman–Crippen LogP) is 3.55. The van der Waals surface area contributed by atoms with Gasteiger partial charge in [0.2, 0.25) is 0 Å². The molecule has 0 atom stereocenters. The Labute approximate surface area is 128 Å². The zero-order valence-electron chi connectivity index (χ0n) is 11.5. The number of carbonyl (C=O) groups excluding carboxylic acids is 1. The highest BCUT2D eigenvalue weighted by molar-refractivity contribution is 9.10. The molecule has 0 bridgehead atoms. The van der Waals surface area contributed by atoms with Gasteiger partial charge in [0.05, 0.1) is 5.02 Å². The average molecular weight is 348 g/mol. The molecule has 2 N–H and O–H groups in total. The van der Waals surface area contributed by atoms with Crippen LogP contribution in [-0.2, 0) is 0 Å². The minimum atomic E-state index is -0.0880. The van der Waals surface area contributed by atoms with Gasteiger partial charge in [-0.15, -0.1) is 0 Å². The van der Waals surface area contributed by atoms with Crippen molar-refractivity contribution < 1.29 is 4.79 Å². The Hall–Kier alpha value is -0.580. The lowest BCUT2D eigenvalue weighted by Crippen LogP contribution is -2.41. The second kappa shape index (κ2) is 6.73. The number of carbonyl (C=O) groups is 1. The van der Waals surface area contributed by atoms with Crippen molar-refractivity contribution in [2.75, 3.05) is 19.6 Å². The Bertz CT molecular complexity index is 463. The van der Waals surface area contributed by atoms with Crippen LogP contribution in [-0.4, -0.2) is 30.4 Å². The van der Waals surface area contributed by atoms with Crippen molar-refractivity contribution in [3.8, 4) is 0 Å². The van der Waals surface area contributed by atoms with Crippen LogP contribution in [0.15, 0.2) is 22.7 Å². The van der Waals surface area contributed by atoms with Gasteiger partial charge < -0.3 is 10.6 Å². The normalized spacial score (nSPS) is 11.5. The summed E-state index contributed by atoms with van der Waals surface area (Å²) in [4.78, 5) is 14.3. The number of nitrogens with two attached hydrogens (primary N) is 1. The summed E-state index contributed by atoms with van der Waals surface area (Å²) in [5.74, 6) is 0.00129. The lowest BCUT2D eigenvalue weighted by molar-refractivity contribution is 0.0701. The molecule has 1 rings (SSSR count). The lowest BCUT2D eigenvalue weighted by Gasteiger charge is -2.31. The van der Waals surface area contributed by atoms with E-state index < -0.39 is 0 Å². The van der Waals surface area contributed by atoms with E-state index in [9.17, 15) is 4.79 Å². The molecule has 0 saturated carbocycles. The minimum Gasteiger partial charge on any atom is -0.338 e. The maximum Gasteiger partial charge on any atom is 0.253 e. The zero-order chi connectivity index (χ0) is 14.6. The summed E-state index contributed by atoms with van der Waals surface area (Å²) < 4.78 is 0.731. The third-order valence-corrected chi connectivity index (χ3v) is 4.22. The summed E-state index contributed by atoms with van der Waals surface area (Å²) in [7, 11) is 0. The van der Waals surface area contributed by atoms with Crippen LogP contribution in [0, 0.1) is 5.41 Å². The van der Waals surface area contributed by atoms with Crippen LogP contribution in [0.25, 0.3) is 0 Å². The molecule has 0 aliphatic carbocycles. The highest BCUT2D eigenvalue weighted by Gasteiger charge is 2.23. The smallest absolute Gasteiger partial charge is 0.253 e. The summed E-state index contributed by atoms with van der Waals surface area (Å²) in [6, 6.07) is 5.22. The van der Waals surface area contributed by atoms with Gasteiger partial charge in [-0.3, -0.25) is 4.79 Å². The van der Waals surface area contributed by atoms with E-state index in [0.717, 1.165) is 4.47 Å². The van der Waals surface area contributed by atoms with Crippen LogP contribution in [0.3, 0.4) is 0 Å². The van der Waals surface area contributed by atoms with Crippen molar-refractivity contribution in [3.63, 3.8) is 0 Å². The van der Waals surface area contributed by atoms with Crippen molar-refractivity contribution in [2.24, 2.45) is 11.1 Å². The molecule has 19 heavy (non-hydrogen) atoms. The van der Waals surface area contributed by atoms with Crippen LogP contribution in [0.5, 0.6) is 0 Å². The monoisotopic (exact) mass is 346 g/mol. The van der Waals surface area contributed by atoms with Crippen LogP contribution in [0.4, 0.5) is 0 Å². The fourth-order valence-electron chi connectivity index (χ4n) is 1.72. The molecule has 0 aliphatic rings. The average Bonchev–Trinajstić information content (AvgIpc) is 2.38. The Balaban J connectivity index is 2.92. The molecule has 0 aromatic heterocycles. The number of hydrogen-bond acceptors (Lipinski definition) is 2. The molecular formula is C14H20BrClN2O. The van der Waals surface area contributed by atoms with Gasteiger partial charge in [-0.2, -0.15) is 0 Å². The molecule has 0 spiro atoms. The predicted molar refractivity (Wildman–Crippen MR) is 83.6 cm³/mol. The maximum absolute atomic E-state index is 12.5. The third-order valence-electron chi connectivity index (χ3n) is 3.01. The molecule has 0 fully saturated rings. The first-order valence-corrected chi connectivity index (χ1v) is 7.42. The number of amides is 1. The van der Waals surface area contributed by atoms with Crippen molar-refractivity contribution in [1.29, 1.82) is 0 Å². The van der Waals surface area contributed by atoms with Crippen LogP contribution in [0.1, 0.15) is 31.1 Å². The fourth-order valence-corrected chi connectivity index (χ4v) is 2.22. The van der Waals surface area contributed by atoms with Gasteiger partial charge in [-0.25, -0.2) is 0 Å². The first-order chi connectivity index (χ1) is 8.80. The van der Waals surface area contributed by atoms with E-state index in [4.69, 9.17) is 17.3 Å². The van der Waals surface area contributed by atoms with Gasteiger partial charge in [0.25, 0.3) is 5.91 Å². The molecular weight excluding hydrogens is 328 g/mol. The molecule has 0 saturated heterocycles. The summed E-state index contributed by atoms with van der Waals surface area (Å²) in [5, 5.41) is 0.599. The van der Waals surface area contributed by atoms with E-state index in [0.29, 0.717) is 30.2 Å². The second-order valence-corrected chi connectivity index (χ2v) is 6.58. The highest BCUT2D eigenvalue weighted by atomic mass is 79.9. The van der Waals surface area contributed by atoms with Crippen molar-refractivity contribution >= 4 is 33.4 Å². The number of rotatable bonds is 5. The highest BCUT2D eigenvalue weighted by Crippen LogP contribution is 2.24. The topological polar surface area (TPSA) is 46.3 Å². The molecule has 1 aromatic rings. The minimum absolute atomic E-state index is 0.00129. The Morgan fingerprint density at radius 2 is 2.11 bits per heavy atom. The first-order valence-electron chi connectivity index (χ1n) is 6.25. The number of nitrogens with zero attached hydrogens (tertiary/aromatic N) is 1. The third kappa shape index (κ3) is 4.48. The van der Waals surface area contributed by atoms with E-state index in [1.54, 1.807) is 18.2 Å². The van der Waals surface area contributed by atoms with Crippen LogP contribution < -0.4 is 5.73 Å². The van der Waals surface area contributed by atoms with E-state index >= 15 is 0 Å². The first kappa shape index (κ1) is 16.5. The summed E-state index contributed by atoms with van der Waals surface area (Å²) in [6.45, 7) is 7.92. The number of benzene rings is 1. The lowest BCUT2D eigenvalue weighted by atomic mass is 9.93. The molecule has 1 amide bonds. The van der Waals surface area contributed by atoms with Gasteiger partial charge >= 0.3 is 0 Å². The SMILES string of the molecule is CCN(CC(C)(C)CN)C(=O)c1ccc(Cl)c(Br)c1. The molecule has 5 heteroatoms. The molecule has 106 valence electrons. The quantitative estimate of drug-likeness (QED) is 0.885. The molecule has 0 aliphatic heterocycles. The van der Waals surface area contributed by atoms with Crippen LogP contribution in [0.2, 0.25) is 5.02 Å². The van der Waals surface area contributed by atoms with E-state index in [1.165, 1.54) is 0 Å². The zero-order valence-corrected chi connectivity index (χ0v) is 13.9. The van der Waals surface area contributed by atoms with Crippen LogP contribution >= 0.6 is 27.5 Å². The molecule has 3 nitrogen and oxygen atoms in total. The van der Waals surface area contributed by atoms with Gasteiger partial charge in [0.1, 0.15) is 0 Å². The largest absolute Gasteiger partial charge is 0.338 e. The molecule has 0 unspecified atom stereocenters. The van der Waals surface area contributed by atoms with Gasteiger partial charge in [-0.1, -0.05) is 25.4 Å². The Kier molecular flexibility index (Phi) is 5.83. The Morgan fingerprint density at radius 1 is 1.47 bits per heavy atom. The van der Waals surface area contributed by atoms with E-state index in [1.807, 2.05) is 11.8 Å². The number of halogens is 2.